The van der Waals surface area contributed by atoms with Gasteiger partial charge in [-0.15, -0.1) is 0 Å². The van der Waals surface area contributed by atoms with Crippen molar-refractivity contribution in [3.63, 3.8) is 0 Å². The zero-order chi connectivity index (χ0) is 21.1. The van der Waals surface area contributed by atoms with Crippen molar-refractivity contribution in [3.8, 4) is 0 Å². The molecular formula is C18H19F3N4O3S. The van der Waals surface area contributed by atoms with Crippen LogP contribution in [0.3, 0.4) is 0 Å². The Morgan fingerprint density at radius 3 is 2.28 bits per heavy atom. The van der Waals surface area contributed by atoms with Crippen molar-refractivity contribution in [1.82, 2.24) is 19.5 Å². The number of hydrogen-bond acceptors (Lipinski definition) is 4. The number of aromatic nitrogens is 1. The number of urea groups is 1. The molecule has 2 aromatic rings. The second kappa shape index (κ2) is 8.37. The zero-order valence-electron chi connectivity index (χ0n) is 15.3. The Hall–Kier alpha value is -2.66. The quantitative estimate of drug-likeness (QED) is 0.810. The number of piperazine rings is 1. The van der Waals surface area contributed by atoms with E-state index in [4.69, 9.17) is 0 Å². The van der Waals surface area contributed by atoms with E-state index in [0.29, 0.717) is 6.54 Å². The second-order valence-electron chi connectivity index (χ2n) is 6.43. The van der Waals surface area contributed by atoms with Gasteiger partial charge in [0.1, 0.15) is 0 Å². The third kappa shape index (κ3) is 5.04. The van der Waals surface area contributed by atoms with Gasteiger partial charge in [-0.05, 0) is 35.9 Å². The molecule has 2 amide bonds. The Balaban J connectivity index is 1.57. The maximum absolute atomic E-state index is 12.7. The fraction of sp³-hybridized carbons (Fsp3) is 0.333. The summed E-state index contributed by atoms with van der Waals surface area (Å²) < 4.78 is 64.4. The van der Waals surface area contributed by atoms with E-state index in [9.17, 15) is 26.4 Å². The van der Waals surface area contributed by atoms with Crippen molar-refractivity contribution in [1.29, 1.82) is 0 Å². The van der Waals surface area contributed by atoms with Crippen molar-refractivity contribution in [2.24, 2.45) is 0 Å². The smallest absolute Gasteiger partial charge is 0.334 e. The first-order valence-corrected chi connectivity index (χ1v) is 10.2. The fourth-order valence-electron chi connectivity index (χ4n) is 2.89. The molecule has 1 aliphatic heterocycles. The first-order chi connectivity index (χ1) is 13.7. The third-order valence-corrected chi connectivity index (χ3v) is 6.42. The number of alkyl halides is 3. The van der Waals surface area contributed by atoms with Crippen LogP contribution in [0.15, 0.2) is 53.7 Å². The van der Waals surface area contributed by atoms with Crippen LogP contribution in [0.4, 0.5) is 18.0 Å². The summed E-state index contributed by atoms with van der Waals surface area (Å²) >= 11 is 0. The van der Waals surface area contributed by atoms with E-state index in [2.05, 4.69) is 10.3 Å². The lowest BCUT2D eigenvalue weighted by Crippen LogP contribution is -2.52. The number of carbonyl (C=O) groups excluding carboxylic acids is 1. The standard InChI is InChI=1S/C18H19F3N4O3S/c19-18(20,21)15-3-5-16(6-4-15)29(27,28)25-10-8-24(9-11-25)17(26)23-13-14-2-1-7-22-12-14/h1-7,12H,8-11,13H2,(H,23,26). The molecular weight excluding hydrogens is 409 g/mol. The monoisotopic (exact) mass is 428 g/mol. The average Bonchev–Trinajstić information content (AvgIpc) is 2.72. The second-order valence-corrected chi connectivity index (χ2v) is 8.37. The number of rotatable bonds is 4. The highest BCUT2D eigenvalue weighted by Gasteiger charge is 2.33. The van der Waals surface area contributed by atoms with E-state index >= 15 is 0 Å². The Bertz CT molecular complexity index is 943. The van der Waals surface area contributed by atoms with Gasteiger partial charge in [0.05, 0.1) is 10.5 Å². The zero-order valence-corrected chi connectivity index (χ0v) is 16.1. The predicted octanol–water partition coefficient (Wildman–Crippen LogP) is 2.32. The van der Waals surface area contributed by atoms with Gasteiger partial charge in [0.15, 0.2) is 0 Å². The molecule has 0 aliphatic carbocycles. The largest absolute Gasteiger partial charge is 0.416 e. The molecule has 1 saturated heterocycles. The van der Waals surface area contributed by atoms with E-state index in [1.54, 1.807) is 18.5 Å². The SMILES string of the molecule is O=C(NCc1cccnc1)N1CCN(S(=O)(=O)c2ccc(C(F)(F)F)cc2)CC1. The Morgan fingerprint density at radius 2 is 1.72 bits per heavy atom. The van der Waals surface area contributed by atoms with Crippen molar-refractivity contribution >= 4 is 16.1 Å². The molecule has 1 N–H and O–H groups in total. The summed E-state index contributed by atoms with van der Waals surface area (Å²) in [6.07, 6.45) is -1.27. The molecule has 0 atom stereocenters. The highest BCUT2D eigenvalue weighted by Crippen LogP contribution is 2.30. The number of nitrogens with zero attached hydrogens (tertiary/aromatic N) is 3. The molecule has 1 aliphatic rings. The molecule has 3 rings (SSSR count). The summed E-state index contributed by atoms with van der Waals surface area (Å²) in [5.41, 5.74) is -0.0732. The number of halogens is 3. The molecule has 0 unspecified atom stereocenters. The van der Waals surface area contributed by atoms with Crippen LogP contribution in [0.5, 0.6) is 0 Å². The van der Waals surface area contributed by atoms with Gasteiger partial charge in [-0.25, -0.2) is 13.2 Å². The van der Waals surface area contributed by atoms with Crippen LogP contribution in [0.1, 0.15) is 11.1 Å². The Morgan fingerprint density at radius 1 is 1.07 bits per heavy atom. The number of nitrogens with one attached hydrogen (secondary N) is 1. The molecule has 1 aromatic heterocycles. The van der Waals surface area contributed by atoms with Crippen LogP contribution in [-0.4, -0.2) is 54.8 Å². The lowest BCUT2D eigenvalue weighted by atomic mass is 10.2. The summed E-state index contributed by atoms with van der Waals surface area (Å²) in [5, 5.41) is 2.75. The van der Waals surface area contributed by atoms with E-state index in [0.717, 1.165) is 29.8 Å². The van der Waals surface area contributed by atoms with Crippen molar-refractivity contribution in [2.45, 2.75) is 17.6 Å². The number of pyridine rings is 1. The summed E-state index contributed by atoms with van der Waals surface area (Å²) in [5.74, 6) is 0. The minimum Gasteiger partial charge on any atom is -0.334 e. The van der Waals surface area contributed by atoms with Crippen molar-refractivity contribution in [2.75, 3.05) is 26.2 Å². The summed E-state index contributed by atoms with van der Waals surface area (Å²) in [6, 6.07) is 6.65. The van der Waals surface area contributed by atoms with Gasteiger partial charge in [0.25, 0.3) is 0 Å². The number of benzene rings is 1. The third-order valence-electron chi connectivity index (χ3n) is 4.51. The van der Waals surface area contributed by atoms with Gasteiger partial charge < -0.3 is 10.2 Å². The Labute approximate surface area is 166 Å². The van der Waals surface area contributed by atoms with Crippen LogP contribution < -0.4 is 5.32 Å². The molecule has 1 fully saturated rings. The maximum Gasteiger partial charge on any atom is 0.416 e. The molecule has 29 heavy (non-hydrogen) atoms. The molecule has 0 spiro atoms. The minimum absolute atomic E-state index is 0.0592. The average molecular weight is 428 g/mol. The molecule has 2 heterocycles. The highest BCUT2D eigenvalue weighted by atomic mass is 32.2. The summed E-state index contributed by atoms with van der Waals surface area (Å²) in [6.45, 7) is 0.779. The molecule has 0 saturated carbocycles. The lowest BCUT2D eigenvalue weighted by molar-refractivity contribution is -0.137. The first-order valence-electron chi connectivity index (χ1n) is 8.77. The van der Waals surface area contributed by atoms with Gasteiger partial charge >= 0.3 is 12.2 Å². The van der Waals surface area contributed by atoms with E-state index < -0.39 is 21.8 Å². The normalized spacial score (nSPS) is 15.9. The van der Waals surface area contributed by atoms with Crippen LogP contribution in [0.25, 0.3) is 0 Å². The van der Waals surface area contributed by atoms with Gasteiger partial charge in [-0.2, -0.15) is 17.5 Å². The number of sulfonamides is 1. The van der Waals surface area contributed by atoms with Gasteiger partial charge in [0, 0.05) is 45.1 Å². The number of carbonyl (C=O) groups is 1. The molecule has 1 aromatic carbocycles. The van der Waals surface area contributed by atoms with Crippen LogP contribution >= 0.6 is 0 Å². The molecule has 0 radical (unpaired) electrons. The van der Waals surface area contributed by atoms with Gasteiger partial charge in [-0.1, -0.05) is 6.07 Å². The first kappa shape index (κ1) is 21.1. The summed E-state index contributed by atoms with van der Waals surface area (Å²) in [4.78, 5) is 17.5. The van der Waals surface area contributed by atoms with E-state index in [-0.39, 0.29) is 37.1 Å². The number of hydrogen-bond donors (Lipinski definition) is 1. The minimum atomic E-state index is -4.53. The van der Waals surface area contributed by atoms with E-state index in [1.807, 2.05) is 6.07 Å². The van der Waals surface area contributed by atoms with Crippen molar-refractivity contribution in [3.05, 3.63) is 59.9 Å². The summed E-state index contributed by atoms with van der Waals surface area (Å²) in [7, 11) is -3.93. The van der Waals surface area contributed by atoms with Crippen LogP contribution in [0.2, 0.25) is 0 Å². The van der Waals surface area contributed by atoms with E-state index in [1.165, 1.54) is 9.21 Å². The van der Waals surface area contributed by atoms with Crippen LogP contribution in [-0.2, 0) is 22.7 Å². The number of amides is 2. The van der Waals surface area contributed by atoms with Crippen LogP contribution in [0, 0.1) is 0 Å². The molecule has 156 valence electrons. The van der Waals surface area contributed by atoms with Gasteiger partial charge in [-0.3, -0.25) is 4.98 Å². The predicted molar refractivity (Wildman–Crippen MR) is 98.2 cm³/mol. The van der Waals surface area contributed by atoms with Crippen molar-refractivity contribution < 1.29 is 26.4 Å². The molecule has 0 bridgehead atoms. The maximum atomic E-state index is 12.7. The fourth-order valence-corrected chi connectivity index (χ4v) is 4.31. The topological polar surface area (TPSA) is 82.6 Å². The Kier molecular flexibility index (Phi) is 6.08. The molecule has 7 nitrogen and oxygen atoms in total. The lowest BCUT2D eigenvalue weighted by Gasteiger charge is -2.34. The highest BCUT2D eigenvalue weighted by molar-refractivity contribution is 7.89. The van der Waals surface area contributed by atoms with Gasteiger partial charge in [0.2, 0.25) is 10.0 Å². The molecule has 11 heteroatoms.